The molecule has 1 unspecified atom stereocenters. The van der Waals surface area contributed by atoms with E-state index in [4.69, 9.17) is 18.0 Å². The lowest BCUT2D eigenvalue weighted by molar-refractivity contribution is 0.0668. The average molecular weight is 195 g/mol. The van der Waals surface area contributed by atoms with Gasteiger partial charge in [-0.1, -0.05) is 30.3 Å². The van der Waals surface area contributed by atoms with Gasteiger partial charge in [-0.2, -0.15) is 0 Å². The van der Waals surface area contributed by atoms with Crippen molar-refractivity contribution >= 4 is 11.6 Å². The van der Waals surface area contributed by atoms with Crippen LogP contribution < -0.4 is 0 Å². The molecule has 0 aliphatic heterocycles. The van der Waals surface area contributed by atoms with Crippen LogP contribution >= 0.6 is 11.6 Å². The van der Waals surface area contributed by atoms with E-state index in [0.29, 0.717) is 0 Å². The normalized spacial score (nSPS) is 14.5. The molecule has 68 valence electrons. The zero-order chi connectivity index (χ0) is 9.73. The van der Waals surface area contributed by atoms with Crippen LogP contribution in [0.2, 0.25) is 0 Å². The minimum atomic E-state index is -1.09. The Morgan fingerprint density at radius 3 is 2.46 bits per heavy atom. The van der Waals surface area contributed by atoms with E-state index in [0.717, 1.165) is 5.56 Å². The van der Waals surface area contributed by atoms with Crippen molar-refractivity contribution in [1.29, 1.82) is 0 Å². The van der Waals surface area contributed by atoms with Gasteiger partial charge in [0.25, 0.3) is 0 Å². The zero-order valence-corrected chi connectivity index (χ0v) is 7.96. The second kappa shape index (κ2) is 4.32. The number of alkyl halides is 1. The third kappa shape index (κ3) is 2.24. The monoisotopic (exact) mass is 194 g/mol. The van der Waals surface area contributed by atoms with Crippen molar-refractivity contribution in [2.75, 3.05) is 5.88 Å². The molecule has 1 aromatic rings. The summed E-state index contributed by atoms with van der Waals surface area (Å²) in [5, 5.41) is 10.0. The summed E-state index contributed by atoms with van der Waals surface area (Å²) in [7, 11) is 0. The van der Waals surface area contributed by atoms with Crippen LogP contribution in [-0.4, -0.2) is 11.0 Å². The average Bonchev–Trinajstić information content (AvgIpc) is 2.19. The number of hydrogen-bond acceptors (Lipinski definition) is 1. The van der Waals surface area contributed by atoms with Crippen LogP contribution in [0.5, 0.6) is 0 Å². The van der Waals surface area contributed by atoms with Gasteiger partial charge in [-0.3, -0.25) is 0 Å². The molecule has 0 aliphatic rings. The Balaban J connectivity index is 2.97. The topological polar surface area (TPSA) is 20.2 Å². The van der Waals surface area contributed by atoms with E-state index in [2.05, 4.69) is 5.92 Å². The largest absolute Gasteiger partial charge is 0.383 e. The number of rotatable bonds is 3. The lowest BCUT2D eigenvalue weighted by atomic mass is 9.93. The SMILES string of the molecule is C#CCC(O)(CCl)c1ccccc1. The van der Waals surface area contributed by atoms with Crippen molar-refractivity contribution in [2.24, 2.45) is 0 Å². The van der Waals surface area contributed by atoms with Gasteiger partial charge in [-0.15, -0.1) is 23.9 Å². The van der Waals surface area contributed by atoms with E-state index in [1.807, 2.05) is 30.3 Å². The first-order valence-electron chi connectivity index (χ1n) is 4.00. The number of aliphatic hydroxyl groups is 1. The zero-order valence-electron chi connectivity index (χ0n) is 7.20. The summed E-state index contributed by atoms with van der Waals surface area (Å²) < 4.78 is 0. The summed E-state index contributed by atoms with van der Waals surface area (Å²) in [6.45, 7) is 0. The second-order valence-corrected chi connectivity index (χ2v) is 3.18. The van der Waals surface area contributed by atoms with E-state index in [1.165, 1.54) is 0 Å². The second-order valence-electron chi connectivity index (χ2n) is 2.91. The molecule has 0 fully saturated rings. The molecule has 1 aromatic carbocycles. The third-order valence-corrected chi connectivity index (χ3v) is 2.37. The fourth-order valence-electron chi connectivity index (χ4n) is 1.14. The molecule has 0 aliphatic carbocycles. The Morgan fingerprint density at radius 1 is 1.38 bits per heavy atom. The lowest BCUT2D eigenvalue weighted by Crippen LogP contribution is -2.27. The molecular weight excluding hydrogens is 184 g/mol. The van der Waals surface area contributed by atoms with Crippen LogP contribution in [0.15, 0.2) is 30.3 Å². The maximum atomic E-state index is 10.0. The Hall–Kier alpha value is -0.970. The lowest BCUT2D eigenvalue weighted by Gasteiger charge is -2.23. The molecule has 0 radical (unpaired) electrons. The number of terminal acetylenes is 1. The Morgan fingerprint density at radius 2 is 2.00 bits per heavy atom. The van der Waals surface area contributed by atoms with Crippen molar-refractivity contribution in [3.8, 4) is 12.3 Å². The van der Waals surface area contributed by atoms with Gasteiger partial charge in [-0.25, -0.2) is 0 Å². The van der Waals surface area contributed by atoms with Gasteiger partial charge in [0.05, 0.1) is 5.88 Å². The van der Waals surface area contributed by atoms with Crippen molar-refractivity contribution in [2.45, 2.75) is 12.0 Å². The number of hydrogen-bond donors (Lipinski definition) is 1. The maximum absolute atomic E-state index is 10.0. The van der Waals surface area contributed by atoms with Crippen LogP contribution in [0.25, 0.3) is 0 Å². The van der Waals surface area contributed by atoms with Crippen LogP contribution in [0.3, 0.4) is 0 Å². The predicted molar refractivity (Wildman–Crippen MR) is 54.5 cm³/mol. The smallest absolute Gasteiger partial charge is 0.114 e. The molecule has 1 rings (SSSR count). The van der Waals surface area contributed by atoms with Crippen molar-refractivity contribution < 1.29 is 5.11 Å². The fourth-order valence-corrected chi connectivity index (χ4v) is 1.39. The summed E-state index contributed by atoms with van der Waals surface area (Å²) in [6, 6.07) is 9.22. The van der Waals surface area contributed by atoms with Gasteiger partial charge in [-0.05, 0) is 5.56 Å². The van der Waals surface area contributed by atoms with Gasteiger partial charge in [0.1, 0.15) is 5.60 Å². The Labute approximate surface area is 83.4 Å². The van der Waals surface area contributed by atoms with Gasteiger partial charge in [0.15, 0.2) is 0 Å². The van der Waals surface area contributed by atoms with Crippen LogP contribution in [0.4, 0.5) is 0 Å². The highest BCUT2D eigenvalue weighted by molar-refractivity contribution is 6.18. The molecule has 0 saturated carbocycles. The van der Waals surface area contributed by atoms with Gasteiger partial charge < -0.3 is 5.11 Å². The first-order chi connectivity index (χ1) is 6.23. The summed E-state index contributed by atoms with van der Waals surface area (Å²) in [5.74, 6) is 2.54. The summed E-state index contributed by atoms with van der Waals surface area (Å²) >= 11 is 5.68. The molecule has 1 atom stereocenters. The van der Waals surface area contributed by atoms with Gasteiger partial charge in [0.2, 0.25) is 0 Å². The number of halogens is 1. The molecule has 0 saturated heterocycles. The number of benzene rings is 1. The summed E-state index contributed by atoms with van der Waals surface area (Å²) in [6.07, 6.45) is 5.40. The Kier molecular flexibility index (Phi) is 3.36. The minimum Gasteiger partial charge on any atom is -0.383 e. The minimum absolute atomic E-state index is 0.112. The highest BCUT2D eigenvalue weighted by Crippen LogP contribution is 2.25. The maximum Gasteiger partial charge on any atom is 0.114 e. The van der Waals surface area contributed by atoms with E-state index in [9.17, 15) is 5.11 Å². The van der Waals surface area contributed by atoms with Crippen LogP contribution in [0, 0.1) is 12.3 Å². The molecular formula is C11H11ClO. The molecule has 1 nitrogen and oxygen atoms in total. The highest BCUT2D eigenvalue weighted by Gasteiger charge is 2.26. The summed E-state index contributed by atoms with van der Waals surface area (Å²) in [5.41, 5.74) is -0.319. The quantitative estimate of drug-likeness (QED) is 0.578. The molecule has 0 bridgehead atoms. The van der Waals surface area contributed by atoms with Crippen LogP contribution in [0.1, 0.15) is 12.0 Å². The first-order valence-corrected chi connectivity index (χ1v) is 4.54. The molecule has 2 heteroatoms. The van der Waals surface area contributed by atoms with E-state index < -0.39 is 5.60 Å². The molecule has 0 spiro atoms. The van der Waals surface area contributed by atoms with Gasteiger partial charge >= 0.3 is 0 Å². The van der Waals surface area contributed by atoms with Crippen LogP contribution in [-0.2, 0) is 5.60 Å². The molecule has 13 heavy (non-hydrogen) atoms. The van der Waals surface area contributed by atoms with Crippen molar-refractivity contribution in [3.05, 3.63) is 35.9 Å². The van der Waals surface area contributed by atoms with Crippen molar-refractivity contribution in [1.82, 2.24) is 0 Å². The standard InChI is InChI=1S/C11H11ClO/c1-2-8-11(13,9-12)10-6-4-3-5-7-10/h1,3-7,13H,8-9H2. The first kappa shape index (κ1) is 10.1. The van der Waals surface area contributed by atoms with E-state index in [1.54, 1.807) is 0 Å². The Bertz CT molecular complexity index is 302. The highest BCUT2D eigenvalue weighted by atomic mass is 35.5. The third-order valence-electron chi connectivity index (χ3n) is 1.93. The predicted octanol–water partition coefficient (Wildman–Crippen LogP) is 2.14. The molecule has 0 aromatic heterocycles. The summed E-state index contributed by atoms with van der Waals surface area (Å²) in [4.78, 5) is 0. The molecule has 0 amide bonds. The fraction of sp³-hybridized carbons (Fsp3) is 0.273. The molecule has 1 N–H and O–H groups in total. The van der Waals surface area contributed by atoms with Crippen molar-refractivity contribution in [3.63, 3.8) is 0 Å². The van der Waals surface area contributed by atoms with E-state index in [-0.39, 0.29) is 12.3 Å². The van der Waals surface area contributed by atoms with E-state index >= 15 is 0 Å². The molecule has 0 heterocycles. The van der Waals surface area contributed by atoms with Gasteiger partial charge in [0, 0.05) is 6.42 Å².